The fourth-order valence-electron chi connectivity index (χ4n) is 16.0. The predicted molar refractivity (Wildman–Crippen MR) is 482 cm³/mol. The largest absolute Gasteiger partial charge is 0.415 e. The third kappa shape index (κ3) is 14.0. The minimum absolute atomic E-state index is 0.205. The van der Waals surface area contributed by atoms with Crippen LogP contribution >= 0.6 is 0 Å². The number of halogens is 3. The van der Waals surface area contributed by atoms with E-state index in [0.29, 0.717) is 137 Å². The minimum Gasteiger partial charge on any atom is -0.309 e. The van der Waals surface area contributed by atoms with Gasteiger partial charge in [-0.05, 0) is 114 Å². The van der Waals surface area contributed by atoms with Gasteiger partial charge in [0.25, 0.3) is 0 Å². The third-order valence-corrected chi connectivity index (χ3v) is 22.0. The highest BCUT2D eigenvalue weighted by molar-refractivity contribution is 6.14. The van der Waals surface area contributed by atoms with Crippen molar-refractivity contribution < 1.29 is 13.2 Å². The molecule has 0 N–H and O–H groups in total. The fraction of sp³-hybridized carbons (Fsp3) is 0.00952. The van der Waals surface area contributed by atoms with Crippen LogP contribution in [0, 0.1) is 13.1 Å². The molecular weight excluding hydrogens is 1540 g/mol. The lowest BCUT2D eigenvalue weighted by Crippen LogP contribution is -2.04. The fourth-order valence-corrected chi connectivity index (χ4v) is 16.0. The number of fused-ring (bicyclic) bond motifs is 6. The highest BCUT2D eigenvalue weighted by atomic mass is 19.4. The molecule has 0 bridgehead atoms. The molecule has 21 aromatic rings. The number of aromatic nitrogens is 14. The Morgan fingerprint density at radius 2 is 0.468 bits per heavy atom. The van der Waals surface area contributed by atoms with Gasteiger partial charge in [-0.15, -0.1) is 0 Å². The molecule has 0 aliphatic heterocycles. The van der Waals surface area contributed by atoms with E-state index >= 15 is 0 Å². The van der Waals surface area contributed by atoms with Crippen molar-refractivity contribution in [3.8, 4) is 170 Å². The first-order valence-corrected chi connectivity index (χ1v) is 39.9. The molecule has 19 heteroatoms. The van der Waals surface area contributed by atoms with Gasteiger partial charge in [-0.1, -0.05) is 273 Å². The summed E-state index contributed by atoms with van der Waals surface area (Å²) >= 11 is 0. The van der Waals surface area contributed by atoms with Crippen LogP contribution < -0.4 is 0 Å². The van der Waals surface area contributed by atoms with Crippen molar-refractivity contribution in [2.75, 3.05) is 0 Å². The zero-order valence-electron chi connectivity index (χ0n) is 65.5. The van der Waals surface area contributed by atoms with E-state index in [1.54, 1.807) is 6.07 Å². The van der Waals surface area contributed by atoms with Gasteiger partial charge in [0.1, 0.15) is 0 Å². The topological polar surface area (TPSA) is 173 Å². The molecule has 0 spiro atoms. The van der Waals surface area contributed by atoms with Gasteiger partial charge < -0.3 is 9.13 Å². The SMILES string of the molecule is [C-]#[N+]c1ccc(-n2c3ccc(-c4nc(-c5ccccc5)nc(-c5ccccc5)n4)cc3c3cc(-c4nc(-c5ccccc5)nc(-c5ccccc5)n4)ccc32)c(-c2ccc(-c3ccc(C(F)(F)F)cc3[N+]#[C-])cc2-n2c3ccc(-c4nc(-c5ccccc5)nc(-c5ccccc5)n4)cc3c3cc(-c4nc(-c5ccccc5)nc(-c5ccccc5)n4)ccc32)c1. The zero-order valence-corrected chi connectivity index (χ0v) is 65.5. The highest BCUT2D eigenvalue weighted by Crippen LogP contribution is 2.48. The first-order chi connectivity index (χ1) is 60.9. The quantitative estimate of drug-likeness (QED) is 0.0839. The zero-order chi connectivity index (χ0) is 83.4. The van der Waals surface area contributed by atoms with Crippen LogP contribution in [0.2, 0.25) is 0 Å². The molecule has 0 unspecified atom stereocenters. The maximum Gasteiger partial charge on any atom is 0.415 e. The summed E-state index contributed by atoms with van der Waals surface area (Å²) in [6.45, 7) is 17.4. The Labute approximate surface area is 707 Å². The first-order valence-electron chi connectivity index (χ1n) is 39.9. The Morgan fingerprint density at radius 3 is 0.734 bits per heavy atom. The Balaban J connectivity index is 0.834. The molecule has 16 nitrogen and oxygen atoms in total. The monoisotopic (exact) mass is 1600 g/mol. The summed E-state index contributed by atoms with van der Waals surface area (Å²) in [5.74, 6) is 5.47. The average Bonchev–Trinajstić information content (AvgIpc) is 1.58. The second-order valence-corrected chi connectivity index (χ2v) is 29.6. The van der Waals surface area contributed by atoms with Crippen LogP contribution in [-0.4, -0.2) is 68.9 Å². The summed E-state index contributed by atoms with van der Waals surface area (Å²) in [7, 11) is 0. The van der Waals surface area contributed by atoms with Crippen LogP contribution in [0.5, 0.6) is 0 Å². The van der Waals surface area contributed by atoms with Crippen LogP contribution in [0.15, 0.2) is 370 Å². The van der Waals surface area contributed by atoms with Gasteiger partial charge in [-0.25, -0.2) is 69.5 Å². The maximum atomic E-state index is 14.8. The van der Waals surface area contributed by atoms with E-state index in [-0.39, 0.29) is 11.3 Å². The molecule has 6 aromatic heterocycles. The average molecular weight is 1600 g/mol. The van der Waals surface area contributed by atoms with Crippen molar-refractivity contribution in [1.82, 2.24) is 68.9 Å². The smallest absolute Gasteiger partial charge is 0.309 e. The van der Waals surface area contributed by atoms with Crippen molar-refractivity contribution >= 4 is 55.0 Å². The van der Waals surface area contributed by atoms with Crippen LogP contribution in [-0.2, 0) is 6.18 Å². The molecule has 0 aliphatic carbocycles. The second kappa shape index (κ2) is 31.2. The highest BCUT2D eigenvalue weighted by Gasteiger charge is 2.32. The van der Waals surface area contributed by atoms with Crippen LogP contribution in [0.25, 0.3) is 224 Å². The van der Waals surface area contributed by atoms with Crippen molar-refractivity contribution in [1.29, 1.82) is 0 Å². The molecule has 0 radical (unpaired) electrons. The lowest BCUT2D eigenvalue weighted by molar-refractivity contribution is -0.137. The summed E-state index contributed by atoms with van der Waals surface area (Å²) in [5, 5.41) is 3.08. The van der Waals surface area contributed by atoms with Crippen molar-refractivity contribution in [3.63, 3.8) is 0 Å². The van der Waals surface area contributed by atoms with E-state index < -0.39 is 11.7 Å². The molecule has 6 heterocycles. The number of hydrogen-bond donors (Lipinski definition) is 0. The molecule has 124 heavy (non-hydrogen) atoms. The molecule has 0 amide bonds. The Morgan fingerprint density at radius 1 is 0.210 bits per heavy atom. The van der Waals surface area contributed by atoms with Gasteiger partial charge in [0.2, 0.25) is 0 Å². The van der Waals surface area contributed by atoms with Gasteiger partial charge in [-0.2, -0.15) is 13.2 Å². The molecule has 0 saturated carbocycles. The molecule has 582 valence electrons. The number of benzene rings is 15. The van der Waals surface area contributed by atoms with Gasteiger partial charge >= 0.3 is 6.18 Å². The minimum atomic E-state index is -4.75. The van der Waals surface area contributed by atoms with E-state index in [0.717, 1.165) is 89.2 Å². The first kappa shape index (κ1) is 74.3. The number of alkyl halides is 3. The van der Waals surface area contributed by atoms with Gasteiger partial charge in [0.05, 0.1) is 46.6 Å². The predicted octanol–water partition coefficient (Wildman–Crippen LogP) is 26.1. The third-order valence-electron chi connectivity index (χ3n) is 22.0. The molecule has 0 saturated heterocycles. The summed E-state index contributed by atoms with van der Waals surface area (Å²) in [6.07, 6.45) is -4.75. The van der Waals surface area contributed by atoms with Crippen molar-refractivity contribution in [2.45, 2.75) is 6.18 Å². The Hall–Kier alpha value is -17.3. The summed E-state index contributed by atoms with van der Waals surface area (Å²) in [4.78, 5) is 70.0. The van der Waals surface area contributed by atoms with Gasteiger partial charge in [0, 0.05) is 99.4 Å². The van der Waals surface area contributed by atoms with Gasteiger partial charge in [0.15, 0.2) is 81.3 Å². The van der Waals surface area contributed by atoms with Crippen LogP contribution in [0.1, 0.15) is 5.56 Å². The number of hydrogen-bond acceptors (Lipinski definition) is 12. The molecule has 0 fully saturated rings. The van der Waals surface area contributed by atoms with E-state index in [9.17, 15) is 13.2 Å². The van der Waals surface area contributed by atoms with E-state index in [1.807, 2.05) is 309 Å². The lowest BCUT2D eigenvalue weighted by atomic mass is 9.94. The molecule has 21 rings (SSSR count). The Bertz CT molecular complexity index is 7240. The van der Waals surface area contributed by atoms with Crippen LogP contribution in [0.4, 0.5) is 24.5 Å². The van der Waals surface area contributed by atoms with Crippen LogP contribution in [0.3, 0.4) is 0 Å². The normalized spacial score (nSPS) is 11.5. The van der Waals surface area contributed by atoms with Gasteiger partial charge in [-0.3, -0.25) is 0 Å². The van der Waals surface area contributed by atoms with Crippen molar-refractivity contribution in [3.05, 3.63) is 398 Å². The summed E-state index contributed by atoms with van der Waals surface area (Å²) in [6, 6.07) is 117. The standard InChI is InChI=1S/C105H61F3N16/c1-109-78-49-56-91(123-87-52-44-73(101-115-93(64-27-11-3-12-28-64)111-94(116-101)65-29-13-4-14-30-65)57-81(87)82-58-74(45-53-88(82)123)102-117-95(66-31-15-5-16-32-66)112-96(118-102)67-33-17-6-18-34-67)85(63-78)80-50-43-72(79-51-48-77(105(106,107)108)62-86(79)110-2)61-92(80)124-89-54-46-75(103-119-97(68-35-19-7-20-36-68)113-98(120-103)69-37-21-8-22-38-69)59-83(89)84-60-76(47-55-90(84)124)104-121-99(70-39-23-9-24-40-70)114-100(122-104)71-41-25-10-26-42-71/h3-63H. The van der Waals surface area contributed by atoms with E-state index in [1.165, 1.54) is 6.07 Å². The maximum absolute atomic E-state index is 14.8. The number of nitrogens with zero attached hydrogens (tertiary/aromatic N) is 16. The number of rotatable bonds is 16. The molecule has 0 atom stereocenters. The van der Waals surface area contributed by atoms with Crippen molar-refractivity contribution in [2.24, 2.45) is 0 Å². The summed E-state index contributed by atoms with van der Waals surface area (Å²) < 4.78 is 48.8. The lowest BCUT2D eigenvalue weighted by Gasteiger charge is -2.21. The van der Waals surface area contributed by atoms with E-state index in [2.05, 4.69) is 55.2 Å². The Kier molecular flexibility index (Phi) is 18.7. The van der Waals surface area contributed by atoms with E-state index in [4.69, 9.17) is 73.0 Å². The summed E-state index contributed by atoms with van der Waals surface area (Å²) in [5.41, 5.74) is 14.2. The second-order valence-electron chi connectivity index (χ2n) is 29.6. The molecule has 15 aromatic carbocycles. The molecule has 0 aliphatic rings. The molecular formula is C105H61F3N16.